The molecule has 0 unspecified atom stereocenters. The van der Waals surface area contributed by atoms with Crippen LogP contribution in [0.1, 0.15) is 53.4 Å². The molecule has 4 aliphatic carbocycles. The van der Waals surface area contributed by atoms with Gasteiger partial charge >= 0.3 is 11.9 Å². The van der Waals surface area contributed by atoms with Gasteiger partial charge in [-0.2, -0.15) is 0 Å². The SMILES string of the molecule is C=CC(=O)O[C@@H]1[C@@]2(C(C)C)C[C@H]2[C@@H]2C[C@@]23[C@@]2(C)CCC4=C(COC4=O)[C@@H]2CO[C@]13C. The lowest BCUT2D eigenvalue weighted by Crippen LogP contribution is -2.69. The van der Waals surface area contributed by atoms with E-state index in [-0.39, 0.29) is 40.2 Å². The first-order chi connectivity index (χ1) is 14.2. The van der Waals surface area contributed by atoms with Gasteiger partial charge in [0, 0.05) is 28.4 Å². The zero-order chi connectivity index (χ0) is 21.3. The monoisotopic (exact) mass is 412 g/mol. The number of carbonyl (C=O) groups is 2. The van der Waals surface area contributed by atoms with Crippen LogP contribution in [0.4, 0.5) is 0 Å². The number of fused-ring (bicyclic) bond motifs is 4. The number of carbonyl (C=O) groups excluding carboxylic acids is 2. The van der Waals surface area contributed by atoms with E-state index in [1.54, 1.807) is 0 Å². The maximum atomic E-state index is 12.4. The molecule has 2 aliphatic heterocycles. The third-order valence-electron chi connectivity index (χ3n) is 10.6. The molecule has 0 aromatic rings. The number of rotatable bonds is 3. The molecule has 8 atom stereocenters. The Hall–Kier alpha value is -1.62. The van der Waals surface area contributed by atoms with Crippen LogP contribution >= 0.6 is 0 Å². The molecule has 0 amide bonds. The first kappa shape index (κ1) is 19.1. The first-order valence-electron chi connectivity index (χ1n) is 11.5. The molecule has 0 aromatic carbocycles. The zero-order valence-electron chi connectivity index (χ0n) is 18.5. The van der Waals surface area contributed by atoms with E-state index in [1.807, 2.05) is 0 Å². The largest absolute Gasteiger partial charge is 0.458 e. The number of hydrogen-bond acceptors (Lipinski definition) is 5. The average Bonchev–Trinajstić information content (AvgIpc) is 3.58. The number of ether oxygens (including phenoxy) is 3. The number of hydrogen-bond donors (Lipinski definition) is 0. The molecule has 0 bridgehead atoms. The van der Waals surface area contributed by atoms with Crippen LogP contribution in [-0.2, 0) is 23.8 Å². The molecule has 0 N–H and O–H groups in total. The van der Waals surface area contributed by atoms with Crippen LogP contribution in [0.25, 0.3) is 0 Å². The van der Waals surface area contributed by atoms with Crippen molar-refractivity contribution in [1.29, 1.82) is 0 Å². The minimum Gasteiger partial charge on any atom is -0.458 e. The summed E-state index contributed by atoms with van der Waals surface area (Å²) in [5, 5.41) is 0. The van der Waals surface area contributed by atoms with Crippen molar-refractivity contribution in [2.24, 2.45) is 39.9 Å². The van der Waals surface area contributed by atoms with Gasteiger partial charge in [0.25, 0.3) is 0 Å². The zero-order valence-corrected chi connectivity index (χ0v) is 18.5. The fourth-order valence-corrected chi connectivity index (χ4v) is 9.05. The van der Waals surface area contributed by atoms with Crippen LogP contribution in [-0.4, -0.2) is 36.9 Å². The summed E-state index contributed by atoms with van der Waals surface area (Å²) in [6, 6.07) is 0. The van der Waals surface area contributed by atoms with Crippen molar-refractivity contribution in [2.75, 3.05) is 13.2 Å². The first-order valence-corrected chi connectivity index (χ1v) is 11.5. The summed E-state index contributed by atoms with van der Waals surface area (Å²) in [4.78, 5) is 24.7. The van der Waals surface area contributed by atoms with E-state index >= 15 is 0 Å². The molecule has 6 rings (SSSR count). The van der Waals surface area contributed by atoms with Crippen molar-refractivity contribution in [1.82, 2.24) is 0 Å². The average molecular weight is 413 g/mol. The van der Waals surface area contributed by atoms with E-state index in [0.29, 0.717) is 31.0 Å². The van der Waals surface area contributed by atoms with Gasteiger partial charge in [-0.15, -0.1) is 0 Å². The van der Waals surface area contributed by atoms with Gasteiger partial charge in [-0.05, 0) is 61.3 Å². The highest BCUT2D eigenvalue weighted by atomic mass is 16.6. The predicted molar refractivity (Wildman–Crippen MR) is 109 cm³/mol. The molecule has 5 heteroatoms. The van der Waals surface area contributed by atoms with Crippen LogP contribution in [0.3, 0.4) is 0 Å². The Balaban J connectivity index is 1.47. The fourth-order valence-electron chi connectivity index (χ4n) is 9.05. The highest BCUT2D eigenvalue weighted by Gasteiger charge is 2.90. The summed E-state index contributed by atoms with van der Waals surface area (Å²) in [6.07, 6.45) is 5.05. The summed E-state index contributed by atoms with van der Waals surface area (Å²) in [5.41, 5.74) is 1.58. The number of esters is 2. The van der Waals surface area contributed by atoms with Gasteiger partial charge in [0.15, 0.2) is 0 Å². The highest BCUT2D eigenvalue weighted by molar-refractivity contribution is 5.92. The Labute approximate surface area is 178 Å². The molecule has 5 nitrogen and oxygen atoms in total. The molecule has 0 aromatic heterocycles. The van der Waals surface area contributed by atoms with Crippen LogP contribution in [0.15, 0.2) is 23.8 Å². The van der Waals surface area contributed by atoms with Crippen LogP contribution in [0, 0.1) is 39.9 Å². The van der Waals surface area contributed by atoms with Crippen LogP contribution in [0.5, 0.6) is 0 Å². The Bertz CT molecular complexity index is 918. The predicted octanol–water partition coefficient (Wildman–Crippen LogP) is 3.83. The second kappa shape index (κ2) is 5.40. The Morgan fingerprint density at radius 3 is 2.73 bits per heavy atom. The molecule has 1 saturated heterocycles. The van der Waals surface area contributed by atoms with Gasteiger partial charge in [0.05, 0.1) is 6.61 Å². The fraction of sp³-hybridized carbons (Fsp3) is 0.760. The van der Waals surface area contributed by atoms with E-state index in [9.17, 15) is 9.59 Å². The van der Waals surface area contributed by atoms with Crippen molar-refractivity contribution in [3.63, 3.8) is 0 Å². The Kier molecular flexibility index (Phi) is 3.44. The van der Waals surface area contributed by atoms with Gasteiger partial charge in [-0.3, -0.25) is 0 Å². The van der Waals surface area contributed by atoms with Crippen molar-refractivity contribution in [3.8, 4) is 0 Å². The molecule has 3 saturated carbocycles. The lowest BCUT2D eigenvalue weighted by atomic mass is 9.48. The minimum absolute atomic E-state index is 0.00676. The summed E-state index contributed by atoms with van der Waals surface area (Å²) >= 11 is 0. The Morgan fingerprint density at radius 2 is 2.03 bits per heavy atom. The second-order valence-corrected chi connectivity index (χ2v) is 11.3. The lowest BCUT2D eigenvalue weighted by molar-refractivity contribution is -0.279. The van der Waals surface area contributed by atoms with Crippen molar-refractivity contribution < 1.29 is 23.8 Å². The van der Waals surface area contributed by atoms with Crippen molar-refractivity contribution >= 4 is 11.9 Å². The van der Waals surface area contributed by atoms with Crippen LogP contribution < -0.4 is 0 Å². The van der Waals surface area contributed by atoms with Gasteiger partial charge < -0.3 is 14.2 Å². The molecule has 0 radical (unpaired) electrons. The molecule has 1 spiro atoms. The van der Waals surface area contributed by atoms with Crippen molar-refractivity contribution in [2.45, 2.75) is 65.1 Å². The van der Waals surface area contributed by atoms with Gasteiger partial charge in [0.1, 0.15) is 18.3 Å². The molecule has 2 heterocycles. The minimum atomic E-state index is -0.514. The topological polar surface area (TPSA) is 61.8 Å². The lowest BCUT2D eigenvalue weighted by Gasteiger charge is -2.63. The smallest absolute Gasteiger partial charge is 0.334 e. The summed E-state index contributed by atoms with van der Waals surface area (Å²) in [5.74, 6) is 1.36. The molecular weight excluding hydrogens is 380 g/mol. The third-order valence-corrected chi connectivity index (χ3v) is 10.6. The van der Waals surface area contributed by atoms with E-state index in [1.165, 1.54) is 11.6 Å². The standard InChI is InChI=1S/C25H32O5/c1-6-19(26)30-21-23(5)25(10-17(25)16-9-24(16,21)13(2)3)22(4)8-7-14-15(11-28-20(14)27)18(22)12-29-23/h6,13,16-18,21H,1,7-12H2,2-5H3/t16-,17-,18-,21-,22-,23+,24+,25-/m0/s1. The normalized spacial score (nSPS) is 52.4. The quantitative estimate of drug-likeness (QED) is 0.521. The second-order valence-electron chi connectivity index (χ2n) is 11.3. The maximum absolute atomic E-state index is 12.4. The van der Waals surface area contributed by atoms with E-state index in [0.717, 1.165) is 31.3 Å². The van der Waals surface area contributed by atoms with E-state index in [2.05, 4.69) is 34.3 Å². The Morgan fingerprint density at radius 1 is 1.27 bits per heavy atom. The summed E-state index contributed by atoms with van der Waals surface area (Å²) in [6.45, 7) is 13.8. The molecular formula is C25H32O5. The van der Waals surface area contributed by atoms with Gasteiger partial charge in [-0.1, -0.05) is 27.4 Å². The van der Waals surface area contributed by atoms with Gasteiger partial charge in [-0.25, -0.2) is 9.59 Å². The van der Waals surface area contributed by atoms with Crippen LogP contribution in [0.2, 0.25) is 0 Å². The highest BCUT2D eigenvalue weighted by Crippen LogP contribution is 2.89. The third kappa shape index (κ3) is 1.79. The molecule has 162 valence electrons. The van der Waals surface area contributed by atoms with E-state index in [4.69, 9.17) is 14.2 Å². The van der Waals surface area contributed by atoms with E-state index < -0.39 is 5.60 Å². The number of cyclic esters (lactones) is 1. The van der Waals surface area contributed by atoms with Crippen molar-refractivity contribution in [3.05, 3.63) is 23.8 Å². The summed E-state index contributed by atoms with van der Waals surface area (Å²) in [7, 11) is 0. The summed E-state index contributed by atoms with van der Waals surface area (Å²) < 4.78 is 18.4. The maximum Gasteiger partial charge on any atom is 0.334 e. The molecule has 4 fully saturated rings. The molecule has 6 aliphatic rings. The molecule has 30 heavy (non-hydrogen) atoms. The van der Waals surface area contributed by atoms with Gasteiger partial charge in [0.2, 0.25) is 0 Å².